The van der Waals surface area contributed by atoms with Gasteiger partial charge in [0.1, 0.15) is 0 Å². The number of hydrazone groups is 1. The molecule has 1 N–H and O–H groups in total. The zero-order valence-electron chi connectivity index (χ0n) is 16.0. The zero-order chi connectivity index (χ0) is 19.3. The number of benzene rings is 2. The number of nitrogens with zero attached hydrogens (tertiary/aromatic N) is 1. The van der Waals surface area contributed by atoms with Crippen LogP contribution in [0.25, 0.3) is 0 Å². The van der Waals surface area contributed by atoms with E-state index in [-0.39, 0.29) is 5.91 Å². The first-order chi connectivity index (χ1) is 12.4. The van der Waals surface area contributed by atoms with Crippen molar-refractivity contribution in [1.82, 2.24) is 5.43 Å². The number of carbonyl (C=O) groups is 1. The second-order valence-corrected chi connectivity index (χ2v) is 5.93. The Morgan fingerprint density at radius 2 is 1.46 bits per heavy atom. The number of aryl methyl sites for hydroxylation is 3. The van der Waals surface area contributed by atoms with Crippen molar-refractivity contribution in [2.75, 3.05) is 21.3 Å². The highest BCUT2D eigenvalue weighted by molar-refractivity contribution is 5.96. The lowest BCUT2D eigenvalue weighted by molar-refractivity contribution is 0.0954. The van der Waals surface area contributed by atoms with E-state index in [4.69, 9.17) is 14.2 Å². The van der Waals surface area contributed by atoms with Gasteiger partial charge in [-0.25, -0.2) is 5.43 Å². The maximum Gasteiger partial charge on any atom is 0.271 e. The fourth-order valence-electron chi connectivity index (χ4n) is 2.83. The summed E-state index contributed by atoms with van der Waals surface area (Å²) in [5.41, 5.74) is 7.28. The van der Waals surface area contributed by atoms with E-state index in [2.05, 4.69) is 22.7 Å². The number of carbonyl (C=O) groups excluding carboxylic acids is 1. The molecular weight excluding hydrogens is 332 g/mol. The predicted octanol–water partition coefficient (Wildman–Crippen LogP) is 3.40. The molecular formula is C20H24N2O4. The summed E-state index contributed by atoms with van der Waals surface area (Å²) in [5.74, 6) is 0.876. The average molecular weight is 356 g/mol. The molecule has 6 nitrogen and oxygen atoms in total. The van der Waals surface area contributed by atoms with Crippen LogP contribution in [0.3, 0.4) is 0 Å². The summed E-state index contributed by atoms with van der Waals surface area (Å²) >= 11 is 0. The summed E-state index contributed by atoms with van der Waals surface area (Å²) in [4.78, 5) is 12.4. The van der Waals surface area contributed by atoms with Crippen molar-refractivity contribution in [3.8, 4) is 17.2 Å². The molecule has 0 radical (unpaired) electrons. The van der Waals surface area contributed by atoms with Gasteiger partial charge in [-0.2, -0.15) is 5.10 Å². The Morgan fingerprint density at radius 1 is 0.923 bits per heavy atom. The van der Waals surface area contributed by atoms with Gasteiger partial charge >= 0.3 is 0 Å². The Labute approximate surface area is 153 Å². The van der Waals surface area contributed by atoms with Gasteiger partial charge in [0.05, 0.1) is 27.5 Å². The zero-order valence-corrected chi connectivity index (χ0v) is 16.0. The van der Waals surface area contributed by atoms with Crippen molar-refractivity contribution >= 4 is 12.1 Å². The minimum Gasteiger partial charge on any atom is -0.493 e. The normalized spacial score (nSPS) is 10.7. The molecule has 0 aromatic heterocycles. The van der Waals surface area contributed by atoms with Crippen LogP contribution in [0.4, 0.5) is 0 Å². The summed E-state index contributed by atoms with van der Waals surface area (Å²) in [6.45, 7) is 6.08. The first kappa shape index (κ1) is 19.3. The molecule has 0 aliphatic heterocycles. The van der Waals surface area contributed by atoms with E-state index in [0.717, 1.165) is 16.7 Å². The number of nitrogens with one attached hydrogen (secondary N) is 1. The largest absolute Gasteiger partial charge is 0.493 e. The quantitative estimate of drug-likeness (QED) is 0.636. The standard InChI is InChI=1S/C20H24N2O4/c1-12-7-13(2)16(14(3)8-12)11-21-22-20(23)15-9-17(24-4)19(26-6)18(10-15)25-5/h7-11H,1-6H3,(H,22,23)/b21-11+. The number of hydrogen-bond donors (Lipinski definition) is 1. The molecule has 0 saturated heterocycles. The van der Waals surface area contributed by atoms with Crippen LogP contribution in [0, 0.1) is 20.8 Å². The van der Waals surface area contributed by atoms with Crippen molar-refractivity contribution in [3.63, 3.8) is 0 Å². The minimum atomic E-state index is -0.372. The third kappa shape index (κ3) is 4.14. The smallest absolute Gasteiger partial charge is 0.271 e. The van der Waals surface area contributed by atoms with Crippen molar-refractivity contribution in [2.24, 2.45) is 5.10 Å². The summed E-state index contributed by atoms with van der Waals surface area (Å²) in [7, 11) is 4.51. The Kier molecular flexibility index (Phi) is 6.22. The minimum absolute atomic E-state index is 0.356. The summed E-state index contributed by atoms with van der Waals surface area (Å²) in [6, 6.07) is 7.31. The molecule has 2 rings (SSSR count). The van der Waals surface area contributed by atoms with Gasteiger partial charge in [0.15, 0.2) is 11.5 Å². The molecule has 138 valence electrons. The predicted molar refractivity (Wildman–Crippen MR) is 102 cm³/mol. The Morgan fingerprint density at radius 3 is 1.92 bits per heavy atom. The van der Waals surface area contributed by atoms with Crippen molar-refractivity contribution in [2.45, 2.75) is 20.8 Å². The number of rotatable bonds is 6. The molecule has 0 saturated carbocycles. The summed E-state index contributed by atoms with van der Waals surface area (Å²) in [5, 5.41) is 4.09. The van der Waals surface area contributed by atoms with E-state index >= 15 is 0 Å². The third-order valence-corrected chi connectivity index (χ3v) is 4.02. The van der Waals surface area contributed by atoms with Gasteiger partial charge in [-0.05, 0) is 44.0 Å². The lowest BCUT2D eigenvalue weighted by Gasteiger charge is -2.13. The molecule has 0 aliphatic rings. The monoisotopic (exact) mass is 356 g/mol. The van der Waals surface area contributed by atoms with E-state index in [9.17, 15) is 4.79 Å². The van der Waals surface area contributed by atoms with Crippen LogP contribution < -0.4 is 19.6 Å². The first-order valence-corrected chi connectivity index (χ1v) is 8.12. The SMILES string of the molecule is COc1cc(C(=O)N/N=C/c2c(C)cc(C)cc2C)cc(OC)c1OC. The van der Waals surface area contributed by atoms with Crippen LogP contribution in [0.1, 0.15) is 32.6 Å². The third-order valence-electron chi connectivity index (χ3n) is 4.02. The highest BCUT2D eigenvalue weighted by atomic mass is 16.5. The van der Waals surface area contributed by atoms with Crippen molar-refractivity contribution < 1.29 is 19.0 Å². The molecule has 6 heteroatoms. The lowest BCUT2D eigenvalue weighted by Crippen LogP contribution is -2.18. The molecule has 2 aromatic rings. The highest BCUT2D eigenvalue weighted by Gasteiger charge is 2.16. The Bertz CT molecular complexity index is 796. The molecule has 0 spiro atoms. The summed E-state index contributed by atoms with van der Waals surface area (Å²) < 4.78 is 15.8. The average Bonchev–Trinajstić information content (AvgIpc) is 2.62. The van der Waals surface area contributed by atoms with Crippen LogP contribution >= 0.6 is 0 Å². The Balaban J connectivity index is 2.23. The van der Waals surface area contributed by atoms with Crippen molar-refractivity contribution in [1.29, 1.82) is 0 Å². The van der Waals surface area contributed by atoms with Gasteiger partial charge in [0, 0.05) is 11.1 Å². The molecule has 0 fully saturated rings. The van der Waals surface area contributed by atoms with Crippen molar-refractivity contribution in [3.05, 3.63) is 52.1 Å². The van der Waals surface area contributed by atoms with E-state index < -0.39 is 0 Å². The van der Waals surface area contributed by atoms with Gasteiger partial charge in [0.25, 0.3) is 5.91 Å². The number of methoxy groups -OCH3 is 3. The molecule has 0 bridgehead atoms. The van der Waals surface area contributed by atoms with Crippen LogP contribution in [-0.2, 0) is 0 Å². The summed E-state index contributed by atoms with van der Waals surface area (Å²) in [6.07, 6.45) is 1.65. The fourth-order valence-corrected chi connectivity index (χ4v) is 2.83. The van der Waals surface area contributed by atoms with Crippen LogP contribution in [-0.4, -0.2) is 33.5 Å². The Hall–Kier alpha value is -3.02. The second kappa shape index (κ2) is 8.38. The van der Waals surface area contributed by atoms with Gasteiger partial charge < -0.3 is 14.2 Å². The van der Waals surface area contributed by atoms with Gasteiger partial charge in [-0.1, -0.05) is 17.7 Å². The van der Waals surface area contributed by atoms with Crippen LogP contribution in [0.15, 0.2) is 29.4 Å². The van der Waals surface area contributed by atoms with E-state index in [1.165, 1.54) is 26.9 Å². The van der Waals surface area contributed by atoms with Gasteiger partial charge in [0.2, 0.25) is 5.75 Å². The fraction of sp³-hybridized carbons (Fsp3) is 0.300. The number of ether oxygens (including phenoxy) is 3. The topological polar surface area (TPSA) is 69.2 Å². The molecule has 26 heavy (non-hydrogen) atoms. The molecule has 0 heterocycles. The molecule has 0 unspecified atom stereocenters. The molecule has 2 aromatic carbocycles. The first-order valence-electron chi connectivity index (χ1n) is 8.12. The molecule has 0 atom stereocenters. The number of hydrogen-bond acceptors (Lipinski definition) is 5. The van der Waals surface area contributed by atoms with E-state index in [1.54, 1.807) is 18.3 Å². The van der Waals surface area contributed by atoms with Gasteiger partial charge in [-0.15, -0.1) is 0 Å². The van der Waals surface area contributed by atoms with E-state index in [0.29, 0.717) is 22.8 Å². The van der Waals surface area contributed by atoms with E-state index in [1.807, 2.05) is 20.8 Å². The lowest BCUT2D eigenvalue weighted by atomic mass is 10.0. The molecule has 0 aliphatic carbocycles. The maximum absolute atomic E-state index is 12.4. The highest BCUT2D eigenvalue weighted by Crippen LogP contribution is 2.38. The van der Waals surface area contributed by atoms with Crippen LogP contribution in [0.2, 0.25) is 0 Å². The maximum atomic E-state index is 12.4. The second-order valence-electron chi connectivity index (χ2n) is 5.93. The van der Waals surface area contributed by atoms with Gasteiger partial charge in [-0.3, -0.25) is 4.79 Å². The molecule has 1 amide bonds. The van der Waals surface area contributed by atoms with Crippen LogP contribution in [0.5, 0.6) is 17.2 Å². The number of amides is 1.